The second-order valence-corrected chi connectivity index (χ2v) is 14.1. The summed E-state index contributed by atoms with van der Waals surface area (Å²) in [7, 11) is 0. The summed E-state index contributed by atoms with van der Waals surface area (Å²) >= 11 is 3.12. The molecule has 1 fully saturated rings. The molecule has 0 unspecified atom stereocenters. The Bertz CT molecular complexity index is 1770. The minimum Gasteiger partial charge on any atom is -0.392 e. The summed E-state index contributed by atoms with van der Waals surface area (Å²) in [4.78, 5) is 30.4. The topological polar surface area (TPSA) is 69.6 Å². The fourth-order valence-corrected chi connectivity index (χ4v) is 8.00. The lowest BCUT2D eigenvalue weighted by atomic mass is 9.90. The van der Waals surface area contributed by atoms with Gasteiger partial charge in [-0.05, 0) is 88.2 Å². The number of benzene rings is 4. The highest BCUT2D eigenvalue weighted by molar-refractivity contribution is 14.1. The number of aliphatic hydroxyl groups excluding tert-OH is 1. The summed E-state index contributed by atoms with van der Waals surface area (Å²) in [5, 5.41) is 12.7. The van der Waals surface area contributed by atoms with E-state index in [2.05, 4.69) is 5.32 Å². The largest absolute Gasteiger partial charge is 0.416 e. The van der Waals surface area contributed by atoms with E-state index in [0.29, 0.717) is 31.7 Å². The van der Waals surface area contributed by atoms with Crippen molar-refractivity contribution in [3.8, 4) is 0 Å². The average molecular weight is 799 g/mol. The molecule has 0 bridgehead atoms. The lowest BCUT2D eigenvalue weighted by Crippen LogP contribution is -2.48. The number of carbonyl (C=O) groups excluding carboxylic acids is 2. The van der Waals surface area contributed by atoms with Crippen molar-refractivity contribution in [2.45, 2.75) is 61.1 Å². The Labute approximate surface area is 290 Å². The van der Waals surface area contributed by atoms with Crippen LogP contribution in [0.2, 0.25) is 0 Å². The number of rotatable bonds is 9. The number of aliphatic hydroxyl groups is 1. The predicted molar refractivity (Wildman–Crippen MR) is 177 cm³/mol. The van der Waals surface area contributed by atoms with E-state index in [1.807, 2.05) is 59.8 Å². The molecule has 1 aliphatic rings. The Kier molecular flexibility index (Phi) is 10.5. The molecule has 0 aromatic heterocycles. The Morgan fingerprint density at radius 3 is 2.08 bits per heavy atom. The molecule has 1 aliphatic heterocycles. The maximum atomic E-state index is 14.5. The lowest BCUT2D eigenvalue weighted by molar-refractivity contribution is -0.143. The number of aryl methyl sites for hydroxylation is 1. The predicted octanol–water partition coefficient (Wildman–Crippen LogP) is 8.45. The van der Waals surface area contributed by atoms with Gasteiger partial charge in [0.2, 0.25) is 11.8 Å². The summed E-state index contributed by atoms with van der Waals surface area (Å²) in [6.07, 6.45) is -10.6. The smallest absolute Gasteiger partial charge is 0.392 e. The summed E-state index contributed by atoms with van der Waals surface area (Å²) in [5.74, 6) is -1.15. The summed E-state index contributed by atoms with van der Waals surface area (Å²) in [6, 6.07) is 21.3. The number of nitrogens with zero attached hydrogens (tertiary/aromatic N) is 1. The number of halogens is 7. The van der Waals surface area contributed by atoms with Crippen molar-refractivity contribution in [3.05, 3.63) is 134 Å². The Balaban J connectivity index is 1.67. The van der Waals surface area contributed by atoms with Crippen LogP contribution in [-0.4, -0.2) is 26.6 Å². The van der Waals surface area contributed by atoms with Crippen LogP contribution >= 0.6 is 34.4 Å². The van der Waals surface area contributed by atoms with Gasteiger partial charge in [-0.3, -0.25) is 9.59 Å². The highest BCUT2D eigenvalue weighted by Gasteiger charge is 2.58. The number of hydrogen-bond donors (Lipinski definition) is 2. The van der Waals surface area contributed by atoms with Crippen LogP contribution in [0.1, 0.15) is 51.4 Å². The van der Waals surface area contributed by atoms with Gasteiger partial charge < -0.3 is 15.3 Å². The highest BCUT2D eigenvalue weighted by atomic mass is 127. The van der Waals surface area contributed by atoms with Crippen LogP contribution in [-0.2, 0) is 41.6 Å². The number of likely N-dealkylation sites (tertiary alicyclic amines) is 1. The van der Waals surface area contributed by atoms with Crippen LogP contribution in [0.3, 0.4) is 0 Å². The van der Waals surface area contributed by atoms with Gasteiger partial charge in [-0.1, -0.05) is 60.2 Å². The molecule has 48 heavy (non-hydrogen) atoms. The van der Waals surface area contributed by atoms with Crippen molar-refractivity contribution in [1.82, 2.24) is 10.2 Å². The first-order valence-corrected chi connectivity index (χ1v) is 16.5. The van der Waals surface area contributed by atoms with Crippen molar-refractivity contribution >= 4 is 46.2 Å². The zero-order chi connectivity index (χ0) is 34.9. The minimum absolute atomic E-state index is 0.0396. The molecule has 4 aromatic rings. The SMILES string of the molecule is Cc1ccc(S[C@]2(C(=O)NCc3ccccc3)CC(=O)N(Cc3cc(C(F)(F)F)cc(C(F)(F)F)c3)[C@@H]2c2ccc(CO)cc2I)cc1. The van der Waals surface area contributed by atoms with Gasteiger partial charge in [0.15, 0.2) is 0 Å². The molecular weight excluding hydrogens is 769 g/mol. The average Bonchev–Trinajstić information content (AvgIpc) is 3.31. The number of alkyl halides is 6. The van der Waals surface area contributed by atoms with Crippen LogP contribution in [0.4, 0.5) is 26.3 Å². The van der Waals surface area contributed by atoms with Crippen molar-refractivity contribution in [1.29, 1.82) is 0 Å². The van der Waals surface area contributed by atoms with Crippen LogP contribution in [0, 0.1) is 10.5 Å². The van der Waals surface area contributed by atoms with E-state index in [-0.39, 0.29) is 25.6 Å². The second kappa shape index (κ2) is 14.1. The van der Waals surface area contributed by atoms with E-state index < -0.39 is 58.2 Å². The van der Waals surface area contributed by atoms with Crippen LogP contribution < -0.4 is 5.32 Å². The van der Waals surface area contributed by atoms with Gasteiger partial charge in [0.1, 0.15) is 4.75 Å². The molecule has 0 spiro atoms. The molecule has 5 nitrogen and oxygen atoms in total. The quantitative estimate of drug-likeness (QED) is 0.132. The van der Waals surface area contributed by atoms with Gasteiger partial charge in [0.05, 0.1) is 30.2 Å². The molecule has 0 radical (unpaired) electrons. The van der Waals surface area contributed by atoms with Crippen LogP contribution in [0.25, 0.3) is 0 Å². The Morgan fingerprint density at radius 1 is 0.896 bits per heavy atom. The molecular formula is C35H29F6IN2O3S. The number of carbonyl (C=O) groups is 2. The Morgan fingerprint density at radius 2 is 1.52 bits per heavy atom. The van der Waals surface area contributed by atoms with E-state index in [0.717, 1.165) is 22.9 Å². The van der Waals surface area contributed by atoms with Crippen molar-refractivity contribution in [2.24, 2.45) is 0 Å². The summed E-state index contributed by atoms with van der Waals surface area (Å²) in [6.45, 7) is 1.07. The third-order valence-corrected chi connectivity index (χ3v) is 10.4. The number of thioether (sulfide) groups is 1. The molecule has 2 amide bonds. The van der Waals surface area contributed by atoms with Gasteiger partial charge in [0, 0.05) is 21.6 Å². The molecule has 2 atom stereocenters. The highest BCUT2D eigenvalue weighted by Crippen LogP contribution is 2.54. The van der Waals surface area contributed by atoms with E-state index >= 15 is 0 Å². The van der Waals surface area contributed by atoms with Gasteiger partial charge in [-0.2, -0.15) is 26.3 Å². The molecule has 2 N–H and O–H groups in total. The third-order valence-electron chi connectivity index (χ3n) is 8.03. The molecule has 4 aromatic carbocycles. The van der Waals surface area contributed by atoms with Gasteiger partial charge in [-0.15, -0.1) is 11.8 Å². The molecule has 1 heterocycles. The van der Waals surface area contributed by atoms with E-state index in [4.69, 9.17) is 0 Å². The number of amides is 2. The standard InChI is InChI=1S/C35H29F6IN2O3S/c1-21-7-10-27(11-8-21)48-33(32(47)43-18-22-5-3-2-4-6-22)17-30(46)44(31(33)28-12-9-23(20-45)15-29(28)42)19-24-13-25(34(36,37)38)16-26(14-24)35(39,40)41/h2-16,31,45H,17-20H2,1H3,(H,43,47)/t31-,33-/m1/s1. The summed E-state index contributed by atoms with van der Waals surface area (Å²) in [5.41, 5.74) is -0.672. The molecule has 252 valence electrons. The third kappa shape index (κ3) is 7.84. The van der Waals surface area contributed by atoms with Gasteiger partial charge in [-0.25, -0.2) is 0 Å². The summed E-state index contributed by atoms with van der Waals surface area (Å²) < 4.78 is 81.7. The maximum absolute atomic E-state index is 14.5. The van der Waals surface area contributed by atoms with E-state index in [1.165, 1.54) is 4.90 Å². The fourth-order valence-electron chi connectivity index (χ4n) is 5.70. The monoisotopic (exact) mass is 798 g/mol. The van der Waals surface area contributed by atoms with Crippen LogP contribution in [0.15, 0.2) is 95.9 Å². The zero-order valence-electron chi connectivity index (χ0n) is 25.3. The first kappa shape index (κ1) is 35.7. The van der Waals surface area contributed by atoms with E-state index in [1.54, 1.807) is 42.5 Å². The normalized spacial score (nSPS) is 18.3. The number of hydrogen-bond acceptors (Lipinski definition) is 4. The van der Waals surface area contributed by atoms with Crippen molar-refractivity contribution in [3.63, 3.8) is 0 Å². The lowest BCUT2D eigenvalue weighted by Gasteiger charge is -2.37. The van der Waals surface area contributed by atoms with Gasteiger partial charge in [0.25, 0.3) is 0 Å². The zero-order valence-corrected chi connectivity index (χ0v) is 28.3. The molecule has 13 heteroatoms. The molecule has 0 aliphatic carbocycles. The van der Waals surface area contributed by atoms with Crippen molar-refractivity contribution < 1.29 is 41.0 Å². The number of nitrogens with one attached hydrogen (secondary N) is 1. The van der Waals surface area contributed by atoms with E-state index in [9.17, 15) is 41.0 Å². The van der Waals surface area contributed by atoms with Gasteiger partial charge >= 0.3 is 12.4 Å². The van der Waals surface area contributed by atoms with Crippen LogP contribution in [0.5, 0.6) is 0 Å². The van der Waals surface area contributed by atoms with Crippen molar-refractivity contribution in [2.75, 3.05) is 0 Å². The molecule has 5 rings (SSSR count). The molecule has 1 saturated heterocycles. The second-order valence-electron chi connectivity index (χ2n) is 11.5. The molecule has 0 saturated carbocycles. The fraction of sp³-hybridized carbons (Fsp3) is 0.257. The Hall–Kier alpha value is -3.56. The first-order chi connectivity index (χ1) is 22.6. The first-order valence-electron chi connectivity index (χ1n) is 14.7. The maximum Gasteiger partial charge on any atom is 0.416 e. The minimum atomic E-state index is -5.08.